The first-order valence-electron chi connectivity index (χ1n) is 9.32. The molecule has 0 unspecified atom stereocenters. The summed E-state index contributed by atoms with van der Waals surface area (Å²) in [6.07, 6.45) is 0.910. The second-order valence-corrected chi connectivity index (χ2v) is 7.95. The van der Waals surface area contributed by atoms with Gasteiger partial charge in [-0.15, -0.1) is 11.3 Å². The number of carbonyl (C=O) groups excluding carboxylic acids is 2. The molecule has 0 saturated heterocycles. The Labute approximate surface area is 173 Å². The smallest absolute Gasteiger partial charge is 0.337 e. The molecule has 0 saturated carbocycles. The van der Waals surface area contributed by atoms with Crippen molar-refractivity contribution in [1.82, 2.24) is 4.98 Å². The predicted molar refractivity (Wildman–Crippen MR) is 115 cm³/mol. The molecule has 0 spiro atoms. The third kappa shape index (κ3) is 4.14. The Balaban J connectivity index is 1.41. The van der Waals surface area contributed by atoms with Crippen molar-refractivity contribution in [2.24, 2.45) is 0 Å². The standard InChI is InChI=1S/C22H21N3O3S/c1-14-23-19(13-29-14)16-5-8-20-17(11-16)9-10-25(20)12-21(26)24-18-6-3-15(4-7-18)22(27)28-2/h3-8,11,13H,9-10,12H2,1-2H3,(H,24,26). The molecule has 1 aromatic heterocycles. The van der Waals surface area contributed by atoms with Gasteiger partial charge in [-0.05, 0) is 55.3 Å². The normalized spacial score (nSPS) is 12.6. The van der Waals surface area contributed by atoms with Crippen LogP contribution in [0.5, 0.6) is 0 Å². The predicted octanol–water partition coefficient (Wildman–Crippen LogP) is 3.91. The first kappa shape index (κ1) is 19.1. The van der Waals surface area contributed by atoms with Crippen LogP contribution in [0, 0.1) is 6.92 Å². The molecule has 0 atom stereocenters. The number of hydrogen-bond acceptors (Lipinski definition) is 6. The number of hydrogen-bond donors (Lipinski definition) is 1. The van der Waals surface area contributed by atoms with Crippen molar-refractivity contribution in [3.8, 4) is 11.3 Å². The van der Waals surface area contributed by atoms with E-state index in [4.69, 9.17) is 0 Å². The van der Waals surface area contributed by atoms with Gasteiger partial charge in [0.1, 0.15) is 0 Å². The highest BCUT2D eigenvalue weighted by molar-refractivity contribution is 7.09. The van der Waals surface area contributed by atoms with Gasteiger partial charge in [-0.3, -0.25) is 4.79 Å². The molecule has 0 bridgehead atoms. The molecule has 2 heterocycles. The third-order valence-corrected chi connectivity index (χ3v) is 5.68. The Hall–Kier alpha value is -3.19. The maximum absolute atomic E-state index is 12.5. The minimum absolute atomic E-state index is 0.0946. The average Bonchev–Trinajstić information content (AvgIpc) is 3.34. The zero-order chi connectivity index (χ0) is 20.4. The number of nitrogens with zero attached hydrogens (tertiary/aromatic N) is 2. The molecule has 4 rings (SSSR count). The number of thiazole rings is 1. The van der Waals surface area contributed by atoms with Gasteiger partial charge in [-0.25, -0.2) is 9.78 Å². The molecule has 2 aromatic carbocycles. The van der Waals surface area contributed by atoms with E-state index in [0.29, 0.717) is 11.3 Å². The quantitative estimate of drug-likeness (QED) is 0.650. The molecule has 0 aliphatic carbocycles. The van der Waals surface area contributed by atoms with Gasteiger partial charge in [-0.2, -0.15) is 0 Å². The molecular formula is C22H21N3O3S. The van der Waals surface area contributed by atoms with E-state index in [0.717, 1.165) is 34.9 Å². The molecule has 148 valence electrons. The van der Waals surface area contributed by atoms with Crippen molar-refractivity contribution in [2.45, 2.75) is 13.3 Å². The van der Waals surface area contributed by atoms with Gasteiger partial charge in [0.25, 0.3) is 0 Å². The van der Waals surface area contributed by atoms with Gasteiger partial charge >= 0.3 is 5.97 Å². The van der Waals surface area contributed by atoms with Crippen LogP contribution in [0.15, 0.2) is 47.8 Å². The van der Waals surface area contributed by atoms with E-state index in [1.807, 2.05) is 6.92 Å². The summed E-state index contributed by atoms with van der Waals surface area (Å²) in [6.45, 7) is 3.09. The van der Waals surface area contributed by atoms with Gasteiger partial charge in [-0.1, -0.05) is 6.07 Å². The number of aryl methyl sites for hydroxylation is 1. The molecule has 1 N–H and O–H groups in total. The van der Waals surface area contributed by atoms with Gasteiger partial charge in [0.05, 0.1) is 29.9 Å². The molecule has 1 aliphatic rings. The Bertz CT molecular complexity index is 1060. The van der Waals surface area contributed by atoms with Gasteiger partial charge < -0.3 is 15.0 Å². The van der Waals surface area contributed by atoms with Crippen LogP contribution in [0.2, 0.25) is 0 Å². The summed E-state index contributed by atoms with van der Waals surface area (Å²) in [5.74, 6) is -0.494. The lowest BCUT2D eigenvalue weighted by atomic mass is 10.1. The van der Waals surface area contributed by atoms with Crippen molar-refractivity contribution < 1.29 is 14.3 Å². The van der Waals surface area contributed by atoms with Gasteiger partial charge in [0, 0.05) is 28.9 Å². The van der Waals surface area contributed by atoms with Crippen LogP contribution in [0.25, 0.3) is 11.3 Å². The van der Waals surface area contributed by atoms with Crippen molar-refractivity contribution >= 4 is 34.6 Å². The first-order valence-corrected chi connectivity index (χ1v) is 10.2. The summed E-state index contributed by atoms with van der Waals surface area (Å²) in [6, 6.07) is 13.0. The second kappa shape index (κ2) is 8.05. The fourth-order valence-electron chi connectivity index (χ4n) is 3.47. The number of fused-ring (bicyclic) bond motifs is 1. The Morgan fingerprint density at radius 2 is 2.00 bits per heavy atom. The van der Waals surface area contributed by atoms with Crippen LogP contribution < -0.4 is 10.2 Å². The van der Waals surface area contributed by atoms with Crippen LogP contribution in [0.1, 0.15) is 20.9 Å². The van der Waals surface area contributed by atoms with E-state index >= 15 is 0 Å². The molecule has 29 heavy (non-hydrogen) atoms. The molecule has 0 fully saturated rings. The molecule has 6 nitrogen and oxygen atoms in total. The van der Waals surface area contributed by atoms with Crippen molar-refractivity contribution in [3.63, 3.8) is 0 Å². The van der Waals surface area contributed by atoms with Crippen molar-refractivity contribution in [1.29, 1.82) is 0 Å². The van der Waals surface area contributed by atoms with E-state index in [1.165, 1.54) is 12.7 Å². The third-order valence-electron chi connectivity index (χ3n) is 4.91. The number of esters is 1. The maximum Gasteiger partial charge on any atom is 0.337 e. The van der Waals surface area contributed by atoms with Crippen LogP contribution >= 0.6 is 11.3 Å². The average molecular weight is 407 g/mol. The number of amides is 1. The van der Waals surface area contributed by atoms with E-state index in [9.17, 15) is 9.59 Å². The minimum atomic E-state index is -0.399. The lowest BCUT2D eigenvalue weighted by molar-refractivity contribution is -0.115. The van der Waals surface area contributed by atoms with Crippen LogP contribution in [-0.2, 0) is 16.0 Å². The van der Waals surface area contributed by atoms with Crippen LogP contribution in [-0.4, -0.2) is 37.1 Å². The number of ether oxygens (including phenoxy) is 1. The molecule has 7 heteroatoms. The summed E-state index contributed by atoms with van der Waals surface area (Å²) >= 11 is 1.65. The number of methoxy groups -OCH3 is 1. The monoisotopic (exact) mass is 407 g/mol. The Kier molecular flexibility index (Phi) is 5.31. The van der Waals surface area contributed by atoms with Crippen molar-refractivity contribution in [3.05, 3.63) is 64.0 Å². The van der Waals surface area contributed by atoms with Crippen LogP contribution in [0.4, 0.5) is 11.4 Å². The lowest BCUT2D eigenvalue weighted by Gasteiger charge is -2.19. The lowest BCUT2D eigenvalue weighted by Crippen LogP contribution is -2.31. The summed E-state index contributed by atoms with van der Waals surface area (Å²) in [5.41, 5.74) is 5.55. The zero-order valence-electron chi connectivity index (χ0n) is 16.3. The summed E-state index contributed by atoms with van der Waals surface area (Å²) in [7, 11) is 1.34. The SMILES string of the molecule is COC(=O)c1ccc(NC(=O)CN2CCc3cc(-c4csc(C)n4)ccc32)cc1. The summed E-state index contributed by atoms with van der Waals surface area (Å²) in [4.78, 5) is 30.6. The van der Waals surface area contributed by atoms with Gasteiger partial charge in [0.15, 0.2) is 0 Å². The molecule has 3 aromatic rings. The fourth-order valence-corrected chi connectivity index (χ4v) is 4.09. The van der Waals surface area contributed by atoms with E-state index in [-0.39, 0.29) is 12.5 Å². The highest BCUT2D eigenvalue weighted by Crippen LogP contribution is 2.32. The van der Waals surface area contributed by atoms with E-state index < -0.39 is 5.97 Å². The van der Waals surface area contributed by atoms with Gasteiger partial charge in [0.2, 0.25) is 5.91 Å². The Morgan fingerprint density at radius 3 is 2.69 bits per heavy atom. The fraction of sp³-hybridized carbons (Fsp3) is 0.227. The minimum Gasteiger partial charge on any atom is -0.465 e. The highest BCUT2D eigenvalue weighted by atomic mass is 32.1. The maximum atomic E-state index is 12.5. The Morgan fingerprint density at radius 1 is 1.21 bits per heavy atom. The summed E-state index contributed by atoms with van der Waals surface area (Å²) in [5, 5.41) is 6.01. The number of carbonyl (C=O) groups is 2. The number of rotatable bonds is 5. The van der Waals surface area contributed by atoms with E-state index in [1.54, 1.807) is 35.6 Å². The first-order chi connectivity index (χ1) is 14.0. The molecule has 1 amide bonds. The largest absolute Gasteiger partial charge is 0.465 e. The van der Waals surface area contributed by atoms with Crippen LogP contribution in [0.3, 0.4) is 0 Å². The topological polar surface area (TPSA) is 71.5 Å². The number of anilines is 2. The van der Waals surface area contributed by atoms with E-state index in [2.05, 4.69) is 43.5 Å². The molecule has 1 aliphatic heterocycles. The highest BCUT2D eigenvalue weighted by Gasteiger charge is 2.22. The number of nitrogens with one attached hydrogen (secondary N) is 1. The number of benzene rings is 2. The molecule has 0 radical (unpaired) electrons. The zero-order valence-corrected chi connectivity index (χ0v) is 17.1. The summed E-state index contributed by atoms with van der Waals surface area (Å²) < 4.78 is 4.68. The molecular weight excluding hydrogens is 386 g/mol. The van der Waals surface area contributed by atoms with Crippen molar-refractivity contribution in [2.75, 3.05) is 30.4 Å². The second-order valence-electron chi connectivity index (χ2n) is 6.88. The number of aromatic nitrogens is 1.